The minimum absolute atomic E-state index is 0.0453. The van der Waals surface area contributed by atoms with Gasteiger partial charge in [0.25, 0.3) is 0 Å². The fourth-order valence-electron chi connectivity index (χ4n) is 0.960. The Morgan fingerprint density at radius 3 is 2.56 bits per heavy atom. The molecule has 16 heavy (non-hydrogen) atoms. The topological polar surface area (TPSA) is 81.4 Å². The summed E-state index contributed by atoms with van der Waals surface area (Å²) in [6, 6.07) is -0.524. The van der Waals surface area contributed by atoms with Crippen molar-refractivity contribution in [1.82, 2.24) is 5.32 Å². The van der Waals surface area contributed by atoms with Crippen LogP contribution in [0.1, 0.15) is 20.8 Å². The van der Waals surface area contributed by atoms with Crippen LogP contribution in [0.5, 0.6) is 0 Å². The summed E-state index contributed by atoms with van der Waals surface area (Å²) < 4.78 is 4.75. The van der Waals surface area contributed by atoms with Crippen LogP contribution in [0.25, 0.3) is 0 Å². The van der Waals surface area contributed by atoms with Gasteiger partial charge in [0.1, 0.15) is 6.04 Å². The maximum Gasteiger partial charge on any atom is 0.323 e. The molecule has 0 saturated carbocycles. The molecule has 3 N–H and O–H groups in total. The Morgan fingerprint density at radius 2 is 2.06 bits per heavy atom. The quantitative estimate of drug-likeness (QED) is 0.626. The lowest BCUT2D eigenvalue weighted by molar-refractivity contribution is -0.144. The molecule has 0 bridgehead atoms. The number of carbonyl (C=O) groups excluding carboxylic acids is 2. The Kier molecular flexibility index (Phi) is 8.01. The van der Waals surface area contributed by atoms with Crippen LogP contribution in [0.15, 0.2) is 0 Å². The number of hydrogen-bond acceptors (Lipinski definition) is 5. The maximum absolute atomic E-state index is 11.2. The van der Waals surface area contributed by atoms with E-state index < -0.39 is 12.0 Å². The normalized spacial score (nSPS) is 12.3. The molecule has 0 radical (unpaired) electrons. The number of hydrogen-bond donors (Lipinski definition) is 2. The minimum atomic E-state index is -0.656. The van der Waals surface area contributed by atoms with Crippen LogP contribution in [0, 0.1) is 0 Å². The maximum atomic E-state index is 11.2. The summed E-state index contributed by atoms with van der Waals surface area (Å²) in [5, 5.41) is 2.75. The van der Waals surface area contributed by atoms with E-state index in [1.807, 2.05) is 13.8 Å². The Hall–Kier alpha value is -0.750. The summed E-state index contributed by atoms with van der Waals surface area (Å²) >= 11 is 1.33. The van der Waals surface area contributed by atoms with E-state index in [9.17, 15) is 9.59 Å². The molecule has 0 heterocycles. The highest BCUT2D eigenvalue weighted by atomic mass is 32.2. The summed E-state index contributed by atoms with van der Waals surface area (Å²) in [4.78, 5) is 22.4. The molecule has 1 unspecified atom stereocenters. The number of ether oxygens (including phenoxy) is 1. The molecule has 0 aromatic carbocycles. The molecule has 1 atom stereocenters. The fraction of sp³-hybridized carbons (Fsp3) is 0.800. The molecule has 6 heteroatoms. The van der Waals surface area contributed by atoms with Crippen molar-refractivity contribution >= 4 is 23.6 Å². The molecule has 94 valence electrons. The van der Waals surface area contributed by atoms with Crippen molar-refractivity contribution < 1.29 is 14.3 Å². The Morgan fingerprint density at radius 1 is 1.44 bits per heavy atom. The largest absolute Gasteiger partial charge is 0.465 e. The van der Waals surface area contributed by atoms with Gasteiger partial charge in [-0.25, -0.2) is 0 Å². The summed E-state index contributed by atoms with van der Waals surface area (Å²) in [5.41, 5.74) is 5.56. The molecule has 0 aliphatic rings. The second-order valence-corrected chi connectivity index (χ2v) is 4.63. The first-order valence-corrected chi connectivity index (χ1v) is 6.42. The van der Waals surface area contributed by atoms with Crippen LogP contribution in [-0.4, -0.2) is 42.1 Å². The average molecular weight is 248 g/mol. The standard InChI is InChI=1S/C10H20N2O3S/c1-4-15-10(14)8(11)5-16-6-9(13)12-7(2)3/h7-8H,4-6,11H2,1-3H3,(H,12,13). The van der Waals surface area contributed by atoms with E-state index in [-0.39, 0.29) is 11.9 Å². The van der Waals surface area contributed by atoms with Gasteiger partial charge in [-0.2, -0.15) is 0 Å². The molecule has 0 aliphatic carbocycles. The predicted octanol–water partition coefficient (Wildman–Crippen LogP) is 0.135. The number of thioether (sulfide) groups is 1. The van der Waals surface area contributed by atoms with Crippen LogP contribution in [0.3, 0.4) is 0 Å². The molecular weight excluding hydrogens is 228 g/mol. The molecule has 5 nitrogen and oxygen atoms in total. The Bertz CT molecular complexity index is 234. The van der Waals surface area contributed by atoms with Gasteiger partial charge in [-0.05, 0) is 20.8 Å². The van der Waals surface area contributed by atoms with Crippen molar-refractivity contribution in [3.8, 4) is 0 Å². The summed E-state index contributed by atoms with van der Waals surface area (Å²) in [5.74, 6) is 0.241. The fourth-order valence-corrected chi connectivity index (χ4v) is 1.74. The number of nitrogens with two attached hydrogens (primary N) is 1. The van der Waals surface area contributed by atoms with Gasteiger partial charge >= 0.3 is 5.97 Å². The highest BCUT2D eigenvalue weighted by Crippen LogP contribution is 2.02. The van der Waals surface area contributed by atoms with Gasteiger partial charge < -0.3 is 15.8 Å². The first-order valence-electron chi connectivity index (χ1n) is 5.26. The first kappa shape index (κ1) is 15.2. The van der Waals surface area contributed by atoms with Gasteiger partial charge in [0.05, 0.1) is 12.4 Å². The van der Waals surface area contributed by atoms with E-state index in [1.165, 1.54) is 11.8 Å². The SMILES string of the molecule is CCOC(=O)C(N)CSCC(=O)NC(C)C. The van der Waals surface area contributed by atoms with Crippen molar-refractivity contribution in [3.63, 3.8) is 0 Å². The third-order valence-corrected chi connectivity index (χ3v) is 2.63. The lowest BCUT2D eigenvalue weighted by Crippen LogP contribution is -2.36. The van der Waals surface area contributed by atoms with Crippen molar-refractivity contribution in [3.05, 3.63) is 0 Å². The summed E-state index contributed by atoms with van der Waals surface area (Å²) in [6.45, 7) is 5.85. The van der Waals surface area contributed by atoms with Gasteiger partial charge in [0, 0.05) is 11.8 Å². The lowest BCUT2D eigenvalue weighted by Gasteiger charge is -2.11. The van der Waals surface area contributed by atoms with Crippen molar-refractivity contribution in [2.24, 2.45) is 5.73 Å². The van der Waals surface area contributed by atoms with Gasteiger partial charge in [-0.3, -0.25) is 9.59 Å². The van der Waals surface area contributed by atoms with E-state index in [2.05, 4.69) is 5.32 Å². The molecule has 1 amide bonds. The number of nitrogens with one attached hydrogen (secondary N) is 1. The van der Waals surface area contributed by atoms with Crippen molar-refractivity contribution in [2.45, 2.75) is 32.9 Å². The molecule has 0 rings (SSSR count). The van der Waals surface area contributed by atoms with Crippen LogP contribution < -0.4 is 11.1 Å². The van der Waals surface area contributed by atoms with E-state index >= 15 is 0 Å². The summed E-state index contributed by atoms with van der Waals surface area (Å²) in [6.07, 6.45) is 0. The first-order chi connectivity index (χ1) is 7.47. The van der Waals surface area contributed by atoms with Crippen LogP contribution in [-0.2, 0) is 14.3 Å². The number of carbonyl (C=O) groups is 2. The van der Waals surface area contributed by atoms with E-state index in [4.69, 9.17) is 10.5 Å². The zero-order valence-corrected chi connectivity index (χ0v) is 10.8. The van der Waals surface area contributed by atoms with Crippen LogP contribution in [0.2, 0.25) is 0 Å². The zero-order chi connectivity index (χ0) is 12.6. The minimum Gasteiger partial charge on any atom is -0.465 e. The van der Waals surface area contributed by atoms with Crippen molar-refractivity contribution in [1.29, 1.82) is 0 Å². The number of esters is 1. The average Bonchev–Trinajstić information content (AvgIpc) is 2.16. The molecule has 0 aliphatic heterocycles. The highest BCUT2D eigenvalue weighted by Gasteiger charge is 2.15. The van der Waals surface area contributed by atoms with Gasteiger partial charge in [-0.15, -0.1) is 11.8 Å². The van der Waals surface area contributed by atoms with Crippen molar-refractivity contribution in [2.75, 3.05) is 18.1 Å². The van der Waals surface area contributed by atoms with E-state index in [0.717, 1.165) is 0 Å². The van der Waals surface area contributed by atoms with Gasteiger partial charge in [0.2, 0.25) is 5.91 Å². The molecular formula is C10H20N2O3S. The van der Waals surface area contributed by atoms with Gasteiger partial charge in [0.15, 0.2) is 0 Å². The zero-order valence-electron chi connectivity index (χ0n) is 9.99. The molecule has 0 fully saturated rings. The van der Waals surface area contributed by atoms with E-state index in [1.54, 1.807) is 6.92 Å². The van der Waals surface area contributed by atoms with E-state index in [0.29, 0.717) is 18.1 Å². The predicted molar refractivity (Wildman–Crippen MR) is 65.2 cm³/mol. The van der Waals surface area contributed by atoms with Crippen LogP contribution >= 0.6 is 11.8 Å². The van der Waals surface area contributed by atoms with Crippen LogP contribution in [0.4, 0.5) is 0 Å². The number of amides is 1. The summed E-state index contributed by atoms with van der Waals surface area (Å²) in [7, 11) is 0. The van der Waals surface area contributed by atoms with Gasteiger partial charge in [-0.1, -0.05) is 0 Å². The second kappa shape index (κ2) is 8.41. The third-order valence-electron chi connectivity index (χ3n) is 1.57. The highest BCUT2D eigenvalue weighted by molar-refractivity contribution is 8.00. The molecule has 0 aromatic rings. The Balaban J connectivity index is 3.65. The smallest absolute Gasteiger partial charge is 0.323 e. The molecule has 0 spiro atoms. The third kappa shape index (κ3) is 7.53. The number of rotatable bonds is 7. The molecule has 0 saturated heterocycles. The Labute approximate surface area is 100 Å². The second-order valence-electron chi connectivity index (χ2n) is 3.60. The molecule has 0 aromatic heterocycles. The monoisotopic (exact) mass is 248 g/mol. The lowest BCUT2D eigenvalue weighted by atomic mass is 10.4.